The van der Waals surface area contributed by atoms with E-state index in [1.165, 1.54) is 0 Å². The average molecular weight is 745 g/mol. The van der Waals surface area contributed by atoms with Crippen molar-refractivity contribution in [1.29, 1.82) is 0 Å². The van der Waals surface area contributed by atoms with Crippen molar-refractivity contribution in [2.45, 2.75) is 83.1 Å². The van der Waals surface area contributed by atoms with Crippen LogP contribution in [-0.2, 0) is 45.0 Å². The summed E-state index contributed by atoms with van der Waals surface area (Å²) in [5.74, 6) is -1.50. The summed E-state index contributed by atoms with van der Waals surface area (Å²) in [5.41, 5.74) is 9.99. The Morgan fingerprint density at radius 1 is 0.510 bits per heavy atom. The number of esters is 2. The predicted molar refractivity (Wildman–Crippen MR) is 190 cm³/mol. The van der Waals surface area contributed by atoms with Gasteiger partial charge in [0, 0.05) is 22.6 Å². The van der Waals surface area contributed by atoms with Gasteiger partial charge >= 0.3 is 28.4 Å². The Morgan fingerprint density at radius 3 is 1.12 bits per heavy atom. The van der Waals surface area contributed by atoms with E-state index < -0.39 is 0 Å². The molecular formula is C38H46N4NiO8. The van der Waals surface area contributed by atoms with Crippen LogP contribution in [0.25, 0.3) is 0 Å². The van der Waals surface area contributed by atoms with Crippen molar-refractivity contribution in [3.05, 3.63) is 91.4 Å². The minimum Gasteiger partial charge on any atom is -0.613 e. The fourth-order valence-electron chi connectivity index (χ4n) is 5.72. The second kappa shape index (κ2) is 18.5. The van der Waals surface area contributed by atoms with E-state index in [0.29, 0.717) is 94.4 Å². The largest absolute Gasteiger partial charge is 2.00 e. The van der Waals surface area contributed by atoms with E-state index >= 15 is 0 Å². The van der Waals surface area contributed by atoms with Crippen LogP contribution in [0.5, 0.6) is 0 Å². The van der Waals surface area contributed by atoms with Crippen LogP contribution < -0.4 is 10.2 Å². The Balaban J connectivity index is 0.000000347. The number of hydrogen-bond acceptors (Lipinski definition) is 12. The van der Waals surface area contributed by atoms with Crippen LogP contribution in [-0.4, -0.2) is 61.2 Å². The summed E-state index contributed by atoms with van der Waals surface area (Å²) >= 11 is 0. The molecule has 0 radical (unpaired) electrons. The molecule has 4 aliphatic heterocycles. The molecule has 0 amide bonds. The number of aliphatic imine (C=N–C) groups is 4. The Labute approximate surface area is 310 Å². The smallest absolute Gasteiger partial charge is 0.613 e. The molecule has 0 unspecified atom stereocenters. The van der Waals surface area contributed by atoms with Gasteiger partial charge in [-0.1, -0.05) is 13.8 Å². The van der Waals surface area contributed by atoms with Crippen molar-refractivity contribution in [2.75, 3.05) is 26.4 Å². The first kappa shape index (κ1) is 42.4. The number of carbonyl (C=O) groups excluding carboxylic acids is 2. The van der Waals surface area contributed by atoms with Gasteiger partial charge in [0.2, 0.25) is 0 Å². The number of nitrogens with zero attached hydrogens (tertiary/aromatic N) is 4. The number of rotatable bonds is 10. The van der Waals surface area contributed by atoms with Crippen molar-refractivity contribution in [3.8, 4) is 0 Å². The van der Waals surface area contributed by atoms with E-state index in [-0.39, 0.29) is 40.3 Å². The molecule has 0 spiro atoms. The quantitative estimate of drug-likeness (QED) is 0.168. The summed E-state index contributed by atoms with van der Waals surface area (Å²) in [5, 5.41) is 24.2. The summed E-state index contributed by atoms with van der Waals surface area (Å²) in [4.78, 5) is 42.0. The molecule has 0 atom stereocenters. The molecule has 4 rings (SSSR count). The molecule has 0 aromatic rings. The molecule has 0 bridgehead atoms. The second-order valence-electron chi connectivity index (χ2n) is 11.5. The minimum absolute atomic E-state index is 0. The van der Waals surface area contributed by atoms with Gasteiger partial charge in [-0.15, -0.1) is 0 Å². The molecular weight excluding hydrogens is 699 g/mol. The van der Waals surface area contributed by atoms with E-state index in [0.717, 1.165) is 22.3 Å². The minimum atomic E-state index is -0.375. The standard InChI is InChI=1S/2C19H24N2O4.Ni/c2*1-7-24-18(22)16-10(3)14(20-12(16)5)9-15-11(4)17(13(6)21-15)19(23)25-8-2;/h2*9,22H,7-8H2,1-6H3;/q;;+2/p-2/b2*15-9-,18-16+;. The molecule has 4 heterocycles. The van der Waals surface area contributed by atoms with Crippen LogP contribution in [0.3, 0.4) is 0 Å². The van der Waals surface area contributed by atoms with Gasteiger partial charge < -0.3 is 29.2 Å². The van der Waals surface area contributed by atoms with Crippen molar-refractivity contribution < 1.29 is 55.2 Å². The maximum absolute atomic E-state index is 12.1. The fourth-order valence-corrected chi connectivity index (χ4v) is 5.72. The molecule has 0 fully saturated rings. The van der Waals surface area contributed by atoms with Gasteiger partial charge in [-0.2, -0.15) is 0 Å². The number of carbonyl (C=O) groups is 2. The van der Waals surface area contributed by atoms with Crippen LogP contribution in [0.15, 0.2) is 111 Å². The summed E-state index contributed by atoms with van der Waals surface area (Å²) in [7, 11) is 0. The molecule has 0 N–H and O–H groups in total. The molecule has 0 saturated carbocycles. The van der Waals surface area contributed by atoms with E-state index in [1.807, 2.05) is 27.7 Å². The molecule has 0 aliphatic carbocycles. The van der Waals surface area contributed by atoms with Crippen LogP contribution in [0, 0.1) is 0 Å². The Kier molecular flexibility index (Phi) is 15.4. The molecule has 13 heteroatoms. The first-order valence-corrected chi connectivity index (χ1v) is 16.6. The Morgan fingerprint density at radius 2 is 0.824 bits per heavy atom. The average Bonchev–Trinajstić information content (AvgIpc) is 3.68. The van der Waals surface area contributed by atoms with Gasteiger partial charge in [0.15, 0.2) is 0 Å². The van der Waals surface area contributed by atoms with Gasteiger partial charge in [-0.25, -0.2) is 9.59 Å². The van der Waals surface area contributed by atoms with E-state index in [1.54, 1.807) is 67.5 Å². The summed E-state index contributed by atoms with van der Waals surface area (Å²) in [6.45, 7) is 22.7. The second-order valence-corrected chi connectivity index (χ2v) is 11.5. The van der Waals surface area contributed by atoms with Crippen molar-refractivity contribution in [1.82, 2.24) is 0 Å². The zero-order valence-electron chi connectivity index (χ0n) is 31.4. The van der Waals surface area contributed by atoms with E-state index in [9.17, 15) is 19.8 Å². The monoisotopic (exact) mass is 744 g/mol. The van der Waals surface area contributed by atoms with Gasteiger partial charge in [0.05, 0.1) is 70.5 Å². The van der Waals surface area contributed by atoms with Crippen molar-refractivity contribution >= 4 is 34.8 Å². The SMILES string of the molecule is CCOC(=O)C1=C(C)/C(=C/C2=C(C)C(=C(/[O-])OCC)/C(C)=N2)N=C1C.CCOC(=O)C1=C(C)/C(=C/C2=C(C)C(=C(/[O-])OCC)/C(C)=N2)N=C1C.[Ni+2]. The number of hydrogen-bond donors (Lipinski definition) is 0. The molecule has 0 saturated heterocycles. The van der Waals surface area contributed by atoms with E-state index in [4.69, 9.17) is 18.9 Å². The molecule has 0 aromatic heterocycles. The fraction of sp³-hybridized carbons (Fsp3) is 0.421. The Bertz CT molecular complexity index is 1730. The van der Waals surface area contributed by atoms with Crippen molar-refractivity contribution in [2.24, 2.45) is 20.0 Å². The van der Waals surface area contributed by atoms with Gasteiger partial charge in [-0.3, -0.25) is 20.0 Å². The maximum Gasteiger partial charge on any atom is 2.00 e. The van der Waals surface area contributed by atoms with Crippen LogP contribution in [0.4, 0.5) is 0 Å². The normalized spacial score (nSPS) is 20.5. The number of ether oxygens (including phenoxy) is 4. The Hall–Kier alpha value is -4.77. The van der Waals surface area contributed by atoms with Gasteiger partial charge in [-0.05, 0) is 117 Å². The topological polar surface area (TPSA) is 167 Å². The first-order valence-electron chi connectivity index (χ1n) is 16.6. The molecule has 12 nitrogen and oxygen atoms in total. The first-order chi connectivity index (χ1) is 23.6. The van der Waals surface area contributed by atoms with Crippen LogP contribution in [0.1, 0.15) is 83.1 Å². The molecule has 51 heavy (non-hydrogen) atoms. The molecule has 276 valence electrons. The maximum atomic E-state index is 12.1. The van der Waals surface area contributed by atoms with Crippen LogP contribution in [0.2, 0.25) is 0 Å². The third kappa shape index (κ3) is 9.32. The summed E-state index contributed by atoms with van der Waals surface area (Å²) in [6, 6.07) is 0. The van der Waals surface area contributed by atoms with Crippen LogP contribution >= 0.6 is 0 Å². The van der Waals surface area contributed by atoms with Gasteiger partial charge in [0.25, 0.3) is 0 Å². The molecule has 4 aliphatic rings. The summed E-state index contributed by atoms with van der Waals surface area (Å²) in [6.07, 6.45) is 3.58. The van der Waals surface area contributed by atoms with E-state index in [2.05, 4.69) is 20.0 Å². The third-order valence-corrected chi connectivity index (χ3v) is 8.10. The zero-order chi connectivity index (χ0) is 37.4. The predicted octanol–water partition coefficient (Wildman–Crippen LogP) is 5.16. The summed E-state index contributed by atoms with van der Waals surface area (Å²) < 4.78 is 20.4. The number of allylic oxidation sites excluding steroid dienone is 8. The van der Waals surface area contributed by atoms with Crippen molar-refractivity contribution in [3.63, 3.8) is 0 Å². The van der Waals surface area contributed by atoms with Gasteiger partial charge in [0.1, 0.15) is 0 Å². The zero-order valence-corrected chi connectivity index (χ0v) is 32.3. The third-order valence-electron chi connectivity index (χ3n) is 8.10. The molecule has 0 aromatic carbocycles.